The molecule has 3 amide bonds. The summed E-state index contributed by atoms with van der Waals surface area (Å²) in [5, 5.41) is 0. The lowest BCUT2D eigenvalue weighted by atomic mass is 9.97. The van der Waals surface area contributed by atoms with Crippen LogP contribution in [0.4, 0.5) is 10.5 Å². The van der Waals surface area contributed by atoms with Crippen molar-refractivity contribution in [1.29, 1.82) is 0 Å². The molecule has 0 saturated carbocycles. The summed E-state index contributed by atoms with van der Waals surface area (Å²) in [6.07, 6.45) is 1.04. The number of carbonyl (C=O) groups excluding carboxylic acids is 3. The maximum atomic E-state index is 13.0. The molecule has 0 aliphatic carbocycles. The van der Waals surface area contributed by atoms with E-state index in [1.54, 1.807) is 9.80 Å². The van der Waals surface area contributed by atoms with Crippen molar-refractivity contribution in [3.63, 3.8) is 0 Å². The third kappa shape index (κ3) is 4.07. The van der Waals surface area contributed by atoms with Gasteiger partial charge in [0.25, 0.3) is 0 Å². The van der Waals surface area contributed by atoms with Crippen LogP contribution in [-0.2, 0) is 14.3 Å². The normalized spacial score (nSPS) is 20.6. The third-order valence-corrected chi connectivity index (χ3v) is 4.99. The van der Waals surface area contributed by atoms with E-state index in [4.69, 9.17) is 10.5 Å². The Morgan fingerprint density at radius 3 is 2.41 bits per heavy atom. The number of nitrogens with two attached hydrogens (primary N) is 1. The topological polar surface area (TPSA) is 92.9 Å². The van der Waals surface area contributed by atoms with Gasteiger partial charge in [0.1, 0.15) is 5.60 Å². The number of primary amides is 1. The Balaban J connectivity index is 1.72. The number of rotatable bonds is 3. The van der Waals surface area contributed by atoms with Crippen molar-refractivity contribution in [3.05, 3.63) is 29.8 Å². The van der Waals surface area contributed by atoms with Gasteiger partial charge in [-0.3, -0.25) is 9.59 Å². The number of hydrogen-bond acceptors (Lipinski definition) is 4. The molecular formula is C20H27N3O4. The predicted octanol–water partition coefficient (Wildman–Crippen LogP) is 2.39. The van der Waals surface area contributed by atoms with Gasteiger partial charge < -0.3 is 20.3 Å². The van der Waals surface area contributed by atoms with Gasteiger partial charge in [0.05, 0.1) is 5.92 Å². The van der Waals surface area contributed by atoms with Crippen LogP contribution < -0.4 is 10.6 Å². The Bertz CT molecular complexity index is 748. The average Bonchev–Trinajstić information content (AvgIpc) is 2.85. The van der Waals surface area contributed by atoms with E-state index in [0.717, 1.165) is 11.3 Å². The average molecular weight is 373 g/mol. The summed E-state index contributed by atoms with van der Waals surface area (Å²) >= 11 is 0. The van der Waals surface area contributed by atoms with Gasteiger partial charge in [0, 0.05) is 31.2 Å². The maximum Gasteiger partial charge on any atom is 0.410 e. The Labute approximate surface area is 159 Å². The molecule has 1 unspecified atom stereocenters. The van der Waals surface area contributed by atoms with E-state index >= 15 is 0 Å². The van der Waals surface area contributed by atoms with Gasteiger partial charge in [0.15, 0.2) is 0 Å². The number of fused-ring (bicyclic) bond motifs is 1. The Kier molecular flexibility index (Phi) is 5.13. The molecule has 2 aliphatic rings. The van der Waals surface area contributed by atoms with Crippen molar-refractivity contribution in [3.8, 4) is 0 Å². The van der Waals surface area contributed by atoms with Gasteiger partial charge in [-0.2, -0.15) is 0 Å². The van der Waals surface area contributed by atoms with E-state index in [0.29, 0.717) is 25.9 Å². The molecule has 2 heterocycles. The van der Waals surface area contributed by atoms with Crippen molar-refractivity contribution < 1.29 is 19.1 Å². The largest absolute Gasteiger partial charge is 0.444 e. The van der Waals surface area contributed by atoms with Crippen molar-refractivity contribution >= 4 is 23.6 Å². The molecule has 2 N–H and O–H groups in total. The van der Waals surface area contributed by atoms with E-state index in [-0.39, 0.29) is 24.5 Å². The zero-order valence-electron chi connectivity index (χ0n) is 16.1. The second kappa shape index (κ2) is 7.21. The number of benzene rings is 1. The molecule has 27 heavy (non-hydrogen) atoms. The first-order valence-corrected chi connectivity index (χ1v) is 9.35. The fourth-order valence-corrected chi connectivity index (χ4v) is 3.83. The van der Waals surface area contributed by atoms with Crippen LogP contribution in [0, 0.1) is 0 Å². The highest BCUT2D eigenvalue weighted by Crippen LogP contribution is 2.41. The fourth-order valence-electron chi connectivity index (χ4n) is 3.83. The van der Waals surface area contributed by atoms with Crippen molar-refractivity contribution in [2.75, 3.05) is 18.0 Å². The van der Waals surface area contributed by atoms with Gasteiger partial charge in [-0.25, -0.2) is 4.79 Å². The van der Waals surface area contributed by atoms with E-state index in [2.05, 4.69) is 0 Å². The maximum absolute atomic E-state index is 13.0. The van der Waals surface area contributed by atoms with Crippen molar-refractivity contribution in [1.82, 2.24) is 4.90 Å². The number of para-hydroxylation sites is 1. The van der Waals surface area contributed by atoms with Crippen LogP contribution in [0.15, 0.2) is 24.3 Å². The zero-order valence-corrected chi connectivity index (χ0v) is 16.1. The molecule has 0 spiro atoms. The summed E-state index contributed by atoms with van der Waals surface area (Å²) in [5.74, 6) is -1.07. The van der Waals surface area contributed by atoms with Crippen LogP contribution >= 0.6 is 0 Å². The minimum atomic E-state index is -0.528. The summed E-state index contributed by atoms with van der Waals surface area (Å²) in [6.45, 7) is 6.60. The van der Waals surface area contributed by atoms with Crippen LogP contribution in [0.2, 0.25) is 0 Å². The first kappa shape index (κ1) is 19.2. The number of anilines is 1. The lowest BCUT2D eigenvalue weighted by molar-refractivity contribution is -0.124. The summed E-state index contributed by atoms with van der Waals surface area (Å²) < 4.78 is 5.43. The lowest BCUT2D eigenvalue weighted by Gasteiger charge is -2.37. The Morgan fingerprint density at radius 2 is 1.81 bits per heavy atom. The van der Waals surface area contributed by atoms with E-state index < -0.39 is 17.4 Å². The number of hydrogen-bond donors (Lipinski definition) is 1. The molecule has 146 valence electrons. The minimum absolute atomic E-state index is 0.00443. The van der Waals surface area contributed by atoms with Gasteiger partial charge >= 0.3 is 6.09 Å². The molecule has 1 atom stereocenters. The van der Waals surface area contributed by atoms with Gasteiger partial charge in [0.2, 0.25) is 11.8 Å². The van der Waals surface area contributed by atoms with E-state index in [1.165, 1.54) is 0 Å². The summed E-state index contributed by atoms with van der Waals surface area (Å²) in [4.78, 5) is 40.2. The predicted molar refractivity (Wildman–Crippen MR) is 101 cm³/mol. The Morgan fingerprint density at radius 1 is 1.19 bits per heavy atom. The van der Waals surface area contributed by atoms with Crippen LogP contribution in [0.25, 0.3) is 0 Å². The smallest absolute Gasteiger partial charge is 0.410 e. The molecule has 1 aromatic carbocycles. The molecule has 0 aromatic heterocycles. The van der Waals surface area contributed by atoms with Crippen LogP contribution in [0.3, 0.4) is 0 Å². The fraction of sp³-hybridized carbons (Fsp3) is 0.550. The van der Waals surface area contributed by atoms with Gasteiger partial charge in [-0.05, 0) is 45.2 Å². The monoisotopic (exact) mass is 373 g/mol. The molecule has 0 radical (unpaired) electrons. The zero-order chi connectivity index (χ0) is 19.8. The third-order valence-electron chi connectivity index (χ3n) is 4.99. The summed E-state index contributed by atoms with van der Waals surface area (Å²) in [5.41, 5.74) is 6.53. The molecule has 7 heteroatoms. The molecule has 1 aromatic rings. The quantitative estimate of drug-likeness (QED) is 0.880. The second-order valence-corrected chi connectivity index (χ2v) is 8.19. The van der Waals surface area contributed by atoms with Gasteiger partial charge in [-0.1, -0.05) is 18.2 Å². The van der Waals surface area contributed by atoms with Gasteiger partial charge in [-0.15, -0.1) is 0 Å². The first-order chi connectivity index (χ1) is 12.7. The van der Waals surface area contributed by atoms with Crippen molar-refractivity contribution in [2.24, 2.45) is 5.73 Å². The number of nitrogens with zero attached hydrogens (tertiary/aromatic N) is 2. The van der Waals surface area contributed by atoms with Crippen LogP contribution in [-0.4, -0.2) is 47.5 Å². The summed E-state index contributed by atoms with van der Waals surface area (Å²) in [6, 6.07) is 7.55. The number of carbonyl (C=O) groups is 3. The lowest BCUT2D eigenvalue weighted by Crippen LogP contribution is -2.49. The van der Waals surface area contributed by atoms with Crippen LogP contribution in [0.1, 0.15) is 51.5 Å². The molecule has 1 fully saturated rings. The second-order valence-electron chi connectivity index (χ2n) is 8.19. The summed E-state index contributed by atoms with van der Waals surface area (Å²) in [7, 11) is 0. The number of amides is 3. The molecule has 0 bridgehead atoms. The van der Waals surface area contributed by atoms with Crippen molar-refractivity contribution in [2.45, 2.75) is 57.6 Å². The van der Waals surface area contributed by atoms with E-state index in [9.17, 15) is 14.4 Å². The molecular weight excluding hydrogens is 346 g/mol. The highest BCUT2D eigenvalue weighted by Gasteiger charge is 2.42. The molecule has 1 saturated heterocycles. The number of likely N-dealkylation sites (tertiary alicyclic amines) is 1. The number of ether oxygens (including phenoxy) is 1. The number of piperidine rings is 1. The standard InChI is InChI=1S/C20H27N3O4/c1-20(2,3)27-19(26)22-10-8-13(9-11-22)23-16-7-5-4-6-14(16)15(18(23)25)12-17(21)24/h4-7,13,15H,8-12H2,1-3H3,(H2,21,24). The highest BCUT2D eigenvalue weighted by molar-refractivity contribution is 6.07. The Hall–Kier alpha value is -2.57. The van der Waals surface area contributed by atoms with Crippen LogP contribution in [0.5, 0.6) is 0 Å². The molecule has 3 rings (SSSR count). The molecule has 2 aliphatic heterocycles. The van der Waals surface area contributed by atoms with E-state index in [1.807, 2.05) is 45.0 Å². The molecule has 7 nitrogen and oxygen atoms in total. The SMILES string of the molecule is CC(C)(C)OC(=O)N1CCC(N2C(=O)C(CC(N)=O)c3ccccc32)CC1. The highest BCUT2D eigenvalue weighted by atomic mass is 16.6. The first-order valence-electron chi connectivity index (χ1n) is 9.35. The minimum Gasteiger partial charge on any atom is -0.444 e.